The summed E-state index contributed by atoms with van der Waals surface area (Å²) in [6.45, 7) is 8.25. The number of ether oxygens (including phenoxy) is 1. The number of hydrogen-bond acceptors (Lipinski definition) is 3. The zero-order valence-electron chi connectivity index (χ0n) is 16.1. The maximum atomic E-state index is 12.6. The molecule has 1 aromatic rings. The van der Waals surface area contributed by atoms with Crippen LogP contribution in [0.2, 0.25) is 0 Å². The van der Waals surface area contributed by atoms with Crippen molar-refractivity contribution in [1.82, 2.24) is 9.80 Å². The first-order valence-electron chi connectivity index (χ1n) is 10.3. The van der Waals surface area contributed by atoms with E-state index in [1.54, 1.807) is 0 Å². The van der Waals surface area contributed by atoms with Crippen molar-refractivity contribution in [1.29, 1.82) is 0 Å². The first-order valence-corrected chi connectivity index (χ1v) is 10.3. The van der Waals surface area contributed by atoms with E-state index in [2.05, 4.69) is 41.0 Å². The summed E-state index contributed by atoms with van der Waals surface area (Å²) in [7, 11) is 0. The van der Waals surface area contributed by atoms with Gasteiger partial charge in [-0.2, -0.15) is 0 Å². The molecule has 142 valence electrons. The number of carbonyl (C=O) groups excluding carboxylic acids is 1. The molecule has 1 amide bonds. The van der Waals surface area contributed by atoms with Crippen molar-refractivity contribution in [2.45, 2.75) is 57.5 Å². The van der Waals surface area contributed by atoms with E-state index in [9.17, 15) is 4.79 Å². The molecule has 0 aliphatic carbocycles. The maximum Gasteiger partial charge on any atom is 0.223 e. The number of piperidine rings is 1. The smallest absolute Gasteiger partial charge is 0.223 e. The number of likely N-dealkylation sites (tertiary alicyclic amines) is 2. The second-order valence-corrected chi connectivity index (χ2v) is 8.55. The molecule has 4 rings (SSSR count). The van der Waals surface area contributed by atoms with Gasteiger partial charge in [-0.15, -0.1) is 0 Å². The minimum absolute atomic E-state index is 0.104. The van der Waals surface area contributed by atoms with Gasteiger partial charge in [0.15, 0.2) is 0 Å². The van der Waals surface area contributed by atoms with E-state index in [4.69, 9.17) is 4.74 Å². The first-order chi connectivity index (χ1) is 12.6. The lowest BCUT2D eigenvalue weighted by molar-refractivity contribution is -0.133. The Morgan fingerprint density at radius 1 is 1.15 bits per heavy atom. The Bertz CT molecular complexity index is 631. The molecule has 4 heteroatoms. The van der Waals surface area contributed by atoms with E-state index < -0.39 is 0 Å². The Balaban J connectivity index is 1.38. The lowest BCUT2D eigenvalue weighted by atomic mass is 9.84. The molecule has 3 heterocycles. The van der Waals surface area contributed by atoms with Crippen LogP contribution in [0.3, 0.4) is 0 Å². The standard InChI is InChI=1S/C22H32N2O2/c1-18-3-2-4-20(15-18)17-24-21(25)5-8-22(24)9-11-23(12-10-22)16-19-6-13-26-14-7-19/h2-4,15,19H,5-14,16-17H2,1H3. The zero-order chi connectivity index (χ0) is 18.0. The Morgan fingerprint density at radius 2 is 1.92 bits per heavy atom. The molecule has 26 heavy (non-hydrogen) atoms. The second kappa shape index (κ2) is 7.69. The number of nitrogens with zero attached hydrogens (tertiary/aromatic N) is 2. The van der Waals surface area contributed by atoms with Gasteiger partial charge in [-0.25, -0.2) is 0 Å². The highest BCUT2D eigenvalue weighted by Crippen LogP contribution is 2.40. The summed E-state index contributed by atoms with van der Waals surface area (Å²) in [4.78, 5) is 17.5. The average Bonchev–Trinajstić information content (AvgIpc) is 2.94. The van der Waals surface area contributed by atoms with Gasteiger partial charge in [0.1, 0.15) is 0 Å². The van der Waals surface area contributed by atoms with E-state index in [0.717, 1.165) is 64.4 Å². The molecule has 4 nitrogen and oxygen atoms in total. The van der Waals surface area contributed by atoms with Gasteiger partial charge in [0.25, 0.3) is 0 Å². The van der Waals surface area contributed by atoms with Crippen LogP contribution in [0.15, 0.2) is 24.3 Å². The second-order valence-electron chi connectivity index (χ2n) is 8.55. The number of hydrogen-bond donors (Lipinski definition) is 0. The van der Waals surface area contributed by atoms with Gasteiger partial charge in [0.2, 0.25) is 5.91 Å². The molecule has 0 aromatic heterocycles. The van der Waals surface area contributed by atoms with Crippen LogP contribution in [0, 0.1) is 12.8 Å². The van der Waals surface area contributed by atoms with Crippen LogP contribution >= 0.6 is 0 Å². The van der Waals surface area contributed by atoms with Crippen LogP contribution in [0.4, 0.5) is 0 Å². The number of carbonyl (C=O) groups is 1. The molecule has 0 bridgehead atoms. The number of aryl methyl sites for hydroxylation is 1. The van der Waals surface area contributed by atoms with Gasteiger partial charge in [0.05, 0.1) is 0 Å². The zero-order valence-corrected chi connectivity index (χ0v) is 16.1. The normalized spacial score (nSPS) is 24.5. The summed E-state index contributed by atoms with van der Waals surface area (Å²) in [5.41, 5.74) is 2.64. The third kappa shape index (κ3) is 3.81. The van der Waals surface area contributed by atoms with E-state index in [-0.39, 0.29) is 5.54 Å². The van der Waals surface area contributed by atoms with Gasteiger partial charge < -0.3 is 14.5 Å². The third-order valence-electron chi connectivity index (χ3n) is 6.75. The topological polar surface area (TPSA) is 32.8 Å². The van der Waals surface area contributed by atoms with Crippen molar-refractivity contribution < 1.29 is 9.53 Å². The lowest BCUT2D eigenvalue weighted by Crippen LogP contribution is -2.53. The van der Waals surface area contributed by atoms with E-state index >= 15 is 0 Å². The van der Waals surface area contributed by atoms with Gasteiger partial charge in [-0.3, -0.25) is 4.79 Å². The summed E-state index contributed by atoms with van der Waals surface area (Å²) >= 11 is 0. The largest absolute Gasteiger partial charge is 0.381 e. The molecular formula is C22H32N2O2. The number of rotatable bonds is 4. The Hall–Kier alpha value is -1.39. The Morgan fingerprint density at radius 3 is 2.65 bits per heavy atom. The van der Waals surface area contributed by atoms with Crippen LogP contribution in [0.5, 0.6) is 0 Å². The van der Waals surface area contributed by atoms with Crippen molar-refractivity contribution in [3.05, 3.63) is 35.4 Å². The van der Waals surface area contributed by atoms with Gasteiger partial charge >= 0.3 is 0 Å². The summed E-state index contributed by atoms with van der Waals surface area (Å²) in [5, 5.41) is 0. The minimum atomic E-state index is 0.104. The molecule has 1 aromatic carbocycles. The number of benzene rings is 1. The molecule has 3 aliphatic heterocycles. The van der Waals surface area contributed by atoms with Crippen LogP contribution in [0.25, 0.3) is 0 Å². The Kier molecular flexibility index (Phi) is 5.32. The number of amides is 1. The predicted octanol–water partition coefficient (Wildman–Crippen LogP) is 3.38. The van der Waals surface area contributed by atoms with Crippen molar-refractivity contribution in [2.75, 3.05) is 32.8 Å². The van der Waals surface area contributed by atoms with E-state index in [1.807, 2.05) is 0 Å². The van der Waals surface area contributed by atoms with Gasteiger partial charge in [-0.05, 0) is 50.5 Å². The average molecular weight is 357 g/mol. The maximum absolute atomic E-state index is 12.6. The van der Waals surface area contributed by atoms with Crippen LogP contribution in [0.1, 0.15) is 49.7 Å². The van der Waals surface area contributed by atoms with Crippen LogP contribution in [-0.2, 0) is 16.1 Å². The highest BCUT2D eigenvalue weighted by molar-refractivity contribution is 5.79. The van der Waals surface area contributed by atoms with Crippen molar-refractivity contribution in [3.8, 4) is 0 Å². The third-order valence-corrected chi connectivity index (χ3v) is 6.75. The van der Waals surface area contributed by atoms with Gasteiger partial charge in [-0.1, -0.05) is 29.8 Å². The fraction of sp³-hybridized carbons (Fsp3) is 0.682. The molecule has 0 atom stereocenters. The summed E-state index contributed by atoms with van der Waals surface area (Å²) in [6.07, 6.45) is 6.45. The summed E-state index contributed by atoms with van der Waals surface area (Å²) < 4.78 is 5.49. The minimum Gasteiger partial charge on any atom is -0.381 e. The highest BCUT2D eigenvalue weighted by atomic mass is 16.5. The highest BCUT2D eigenvalue weighted by Gasteiger charge is 2.46. The van der Waals surface area contributed by atoms with Gasteiger partial charge in [0, 0.05) is 51.4 Å². The monoisotopic (exact) mass is 356 g/mol. The van der Waals surface area contributed by atoms with Crippen LogP contribution in [-0.4, -0.2) is 54.1 Å². The van der Waals surface area contributed by atoms with E-state index in [0.29, 0.717) is 5.91 Å². The molecular weight excluding hydrogens is 324 g/mol. The molecule has 3 saturated heterocycles. The Labute approximate surface area is 157 Å². The molecule has 1 spiro atoms. The molecule has 0 saturated carbocycles. The van der Waals surface area contributed by atoms with Crippen LogP contribution < -0.4 is 0 Å². The quantitative estimate of drug-likeness (QED) is 0.829. The predicted molar refractivity (Wildman–Crippen MR) is 103 cm³/mol. The fourth-order valence-electron chi connectivity index (χ4n) is 5.09. The van der Waals surface area contributed by atoms with Crippen molar-refractivity contribution >= 4 is 5.91 Å². The first kappa shape index (κ1) is 18.0. The molecule has 3 fully saturated rings. The lowest BCUT2D eigenvalue weighted by Gasteiger charge is -2.46. The molecule has 0 unspecified atom stereocenters. The summed E-state index contributed by atoms with van der Waals surface area (Å²) in [5.74, 6) is 1.15. The van der Waals surface area contributed by atoms with E-state index in [1.165, 1.54) is 30.5 Å². The van der Waals surface area contributed by atoms with Crippen molar-refractivity contribution in [2.24, 2.45) is 5.92 Å². The molecule has 3 aliphatic rings. The van der Waals surface area contributed by atoms with Crippen molar-refractivity contribution in [3.63, 3.8) is 0 Å². The molecule has 0 radical (unpaired) electrons. The fourth-order valence-corrected chi connectivity index (χ4v) is 5.09. The summed E-state index contributed by atoms with van der Waals surface area (Å²) in [6, 6.07) is 8.61. The SMILES string of the molecule is Cc1cccc(CN2C(=O)CCC23CCN(CC2CCOCC2)CC3)c1. The molecule has 0 N–H and O–H groups in total.